The molecule has 12 nitrogen and oxygen atoms in total. The second kappa shape index (κ2) is 11.3. The molecular formula is C26H35N3O9. The maximum Gasteiger partial charge on any atom is 0.326 e. The van der Waals surface area contributed by atoms with Crippen LogP contribution in [0.15, 0.2) is 60.7 Å². The highest BCUT2D eigenvalue weighted by atomic mass is 16.7. The predicted octanol–water partition coefficient (Wildman–Crippen LogP) is -1.28. The SMILES string of the molecule is CC(Cc1ccccc1)C(O)CC(Cc1ccccc1)NC(=O)C(C)N1C(=O)NC(O)(O)C(O)(O)C1(O)O. The van der Waals surface area contributed by atoms with Gasteiger partial charge in [0.05, 0.1) is 6.10 Å². The molecule has 3 rings (SSSR count). The topological polar surface area (TPSA) is 203 Å². The van der Waals surface area contributed by atoms with E-state index in [0.717, 1.165) is 18.1 Å². The number of carbonyl (C=O) groups excluding carboxylic acids is 2. The van der Waals surface area contributed by atoms with Crippen molar-refractivity contribution in [3.63, 3.8) is 0 Å². The first-order valence-electron chi connectivity index (χ1n) is 12.2. The Kier molecular flexibility index (Phi) is 8.79. The van der Waals surface area contributed by atoms with Gasteiger partial charge in [-0.2, -0.15) is 0 Å². The maximum atomic E-state index is 13.2. The van der Waals surface area contributed by atoms with Crippen molar-refractivity contribution >= 4 is 11.9 Å². The highest BCUT2D eigenvalue weighted by molar-refractivity contribution is 5.88. The molecule has 0 bridgehead atoms. The molecule has 0 aliphatic carbocycles. The molecule has 2 aromatic rings. The summed E-state index contributed by atoms with van der Waals surface area (Å²) in [6.45, 7) is 2.96. The first-order chi connectivity index (χ1) is 17.7. The van der Waals surface area contributed by atoms with Gasteiger partial charge in [0.15, 0.2) is 0 Å². The fourth-order valence-electron chi connectivity index (χ4n) is 4.46. The van der Waals surface area contributed by atoms with Crippen LogP contribution in [0, 0.1) is 5.92 Å². The van der Waals surface area contributed by atoms with Crippen molar-refractivity contribution in [2.75, 3.05) is 0 Å². The van der Waals surface area contributed by atoms with Gasteiger partial charge in [-0.1, -0.05) is 67.6 Å². The predicted molar refractivity (Wildman–Crippen MR) is 133 cm³/mol. The third kappa shape index (κ3) is 6.13. The van der Waals surface area contributed by atoms with Gasteiger partial charge in [0.2, 0.25) is 5.91 Å². The average Bonchev–Trinajstić information content (AvgIpc) is 2.83. The molecule has 0 spiro atoms. The minimum atomic E-state index is -4.09. The van der Waals surface area contributed by atoms with Crippen LogP contribution >= 0.6 is 0 Å². The second-order valence-electron chi connectivity index (χ2n) is 9.82. The van der Waals surface area contributed by atoms with Crippen molar-refractivity contribution in [1.82, 2.24) is 15.5 Å². The van der Waals surface area contributed by atoms with E-state index in [1.807, 2.05) is 67.6 Å². The van der Waals surface area contributed by atoms with E-state index in [-0.39, 0.29) is 17.2 Å². The van der Waals surface area contributed by atoms with Crippen molar-refractivity contribution in [3.05, 3.63) is 71.8 Å². The fraction of sp³-hybridized carbons (Fsp3) is 0.462. The maximum absolute atomic E-state index is 13.2. The fourth-order valence-corrected chi connectivity index (χ4v) is 4.46. The van der Waals surface area contributed by atoms with E-state index < -0.39 is 47.7 Å². The van der Waals surface area contributed by atoms with Gasteiger partial charge in [-0.05, 0) is 43.2 Å². The molecule has 4 atom stereocenters. The minimum absolute atomic E-state index is 0.0267. The Morgan fingerprint density at radius 3 is 1.92 bits per heavy atom. The summed E-state index contributed by atoms with van der Waals surface area (Å²) in [5, 5.41) is 74.9. The first-order valence-corrected chi connectivity index (χ1v) is 12.2. The molecule has 0 aromatic heterocycles. The van der Waals surface area contributed by atoms with E-state index in [1.54, 1.807) is 0 Å². The second-order valence-corrected chi connectivity index (χ2v) is 9.82. The summed E-state index contributed by atoms with van der Waals surface area (Å²) in [6, 6.07) is 14.8. The quantitative estimate of drug-likeness (QED) is 0.167. The average molecular weight is 534 g/mol. The molecule has 0 radical (unpaired) electrons. The lowest BCUT2D eigenvalue weighted by atomic mass is 9.90. The van der Waals surface area contributed by atoms with Crippen LogP contribution in [0.4, 0.5) is 4.79 Å². The molecule has 38 heavy (non-hydrogen) atoms. The van der Waals surface area contributed by atoms with Crippen molar-refractivity contribution in [1.29, 1.82) is 0 Å². The first kappa shape index (κ1) is 29.5. The van der Waals surface area contributed by atoms with Gasteiger partial charge < -0.3 is 41.1 Å². The number of rotatable bonds is 10. The molecular weight excluding hydrogens is 498 g/mol. The van der Waals surface area contributed by atoms with Gasteiger partial charge in [0.1, 0.15) is 6.04 Å². The van der Waals surface area contributed by atoms with Crippen LogP contribution in [-0.4, -0.2) is 88.4 Å². The normalized spacial score (nSPS) is 21.1. The smallest absolute Gasteiger partial charge is 0.326 e. The number of benzene rings is 2. The highest BCUT2D eigenvalue weighted by Gasteiger charge is 2.71. The largest absolute Gasteiger partial charge is 0.393 e. The van der Waals surface area contributed by atoms with Crippen LogP contribution in [0.2, 0.25) is 0 Å². The van der Waals surface area contributed by atoms with E-state index in [1.165, 1.54) is 5.32 Å². The van der Waals surface area contributed by atoms with Crippen LogP contribution < -0.4 is 10.6 Å². The Balaban J connectivity index is 1.78. The molecule has 1 aliphatic rings. The Morgan fingerprint density at radius 1 is 0.895 bits per heavy atom. The molecule has 1 saturated heterocycles. The number of hydrogen-bond donors (Lipinski definition) is 9. The molecule has 1 fully saturated rings. The Bertz CT molecular complexity index is 1100. The van der Waals surface area contributed by atoms with Gasteiger partial charge in [-0.15, -0.1) is 0 Å². The summed E-state index contributed by atoms with van der Waals surface area (Å²) in [5.74, 6) is -13.0. The van der Waals surface area contributed by atoms with Gasteiger partial charge in [-0.3, -0.25) is 15.0 Å². The van der Waals surface area contributed by atoms with Crippen molar-refractivity contribution in [2.24, 2.45) is 5.92 Å². The number of amides is 3. The lowest BCUT2D eigenvalue weighted by Gasteiger charge is -2.52. The molecule has 9 N–H and O–H groups in total. The molecule has 1 heterocycles. The molecule has 4 unspecified atom stereocenters. The minimum Gasteiger partial charge on any atom is -0.393 e. The van der Waals surface area contributed by atoms with Crippen LogP contribution in [0.5, 0.6) is 0 Å². The lowest BCUT2D eigenvalue weighted by Crippen LogP contribution is -2.86. The standard InChI is InChI=1S/C26H35N3O9/c1-16(13-18-9-5-3-6-10-18)21(30)15-20(14-19-11-7-4-8-12-19)27-22(31)17(2)29-23(32)28-25(35,36)24(33,34)26(29,37)38/h3-12,16-17,20-21,30,33-38H,13-15H2,1-2H3,(H,27,31)(H,28,32). The molecule has 2 aromatic carbocycles. The number of urea groups is 1. The monoisotopic (exact) mass is 533 g/mol. The highest BCUT2D eigenvalue weighted by Crippen LogP contribution is 2.35. The summed E-state index contributed by atoms with van der Waals surface area (Å²) in [5.41, 5.74) is 1.88. The van der Waals surface area contributed by atoms with E-state index in [0.29, 0.717) is 12.8 Å². The zero-order valence-electron chi connectivity index (χ0n) is 21.1. The summed E-state index contributed by atoms with van der Waals surface area (Å²) in [4.78, 5) is 25.5. The van der Waals surface area contributed by atoms with E-state index >= 15 is 0 Å². The number of nitrogens with one attached hydrogen (secondary N) is 2. The zero-order chi connectivity index (χ0) is 28.3. The van der Waals surface area contributed by atoms with Crippen LogP contribution in [0.1, 0.15) is 31.4 Å². The summed E-state index contributed by atoms with van der Waals surface area (Å²) < 4.78 is 0. The van der Waals surface area contributed by atoms with Crippen LogP contribution in [0.25, 0.3) is 0 Å². The van der Waals surface area contributed by atoms with E-state index in [9.17, 15) is 45.3 Å². The Labute approximate surface area is 219 Å². The number of nitrogens with zero attached hydrogens (tertiary/aromatic N) is 1. The van der Waals surface area contributed by atoms with E-state index in [4.69, 9.17) is 0 Å². The number of hydrogen-bond acceptors (Lipinski definition) is 9. The number of aliphatic hydroxyl groups is 7. The van der Waals surface area contributed by atoms with Gasteiger partial charge in [0, 0.05) is 6.04 Å². The number of aliphatic hydroxyl groups excluding tert-OH is 1. The van der Waals surface area contributed by atoms with E-state index in [2.05, 4.69) is 5.32 Å². The lowest BCUT2D eigenvalue weighted by molar-refractivity contribution is -0.495. The molecule has 1 aliphatic heterocycles. The zero-order valence-corrected chi connectivity index (χ0v) is 21.1. The van der Waals surface area contributed by atoms with Crippen LogP contribution in [0.3, 0.4) is 0 Å². The molecule has 0 saturated carbocycles. The summed E-state index contributed by atoms with van der Waals surface area (Å²) in [6.07, 6.45) is 0.177. The van der Waals surface area contributed by atoms with Crippen molar-refractivity contribution in [2.45, 2.75) is 68.9 Å². The van der Waals surface area contributed by atoms with Gasteiger partial charge in [0.25, 0.3) is 0 Å². The Morgan fingerprint density at radius 2 is 1.39 bits per heavy atom. The molecule has 3 amide bonds. The van der Waals surface area contributed by atoms with Gasteiger partial charge >= 0.3 is 23.6 Å². The molecule has 208 valence electrons. The Hall–Kier alpha value is -3.10. The number of carbonyl (C=O) groups is 2. The van der Waals surface area contributed by atoms with Crippen LogP contribution in [-0.2, 0) is 17.6 Å². The molecule has 12 heteroatoms. The third-order valence-corrected chi connectivity index (χ3v) is 6.81. The van der Waals surface area contributed by atoms with Crippen molar-refractivity contribution in [3.8, 4) is 0 Å². The summed E-state index contributed by atoms with van der Waals surface area (Å²) >= 11 is 0. The summed E-state index contributed by atoms with van der Waals surface area (Å²) in [7, 11) is 0. The van der Waals surface area contributed by atoms with Crippen molar-refractivity contribution < 1.29 is 45.3 Å². The van der Waals surface area contributed by atoms with Gasteiger partial charge in [-0.25, -0.2) is 4.79 Å². The third-order valence-electron chi connectivity index (χ3n) is 6.81.